The van der Waals surface area contributed by atoms with Gasteiger partial charge in [-0.15, -0.1) is 0 Å². The van der Waals surface area contributed by atoms with Gasteiger partial charge in [0, 0.05) is 5.41 Å². The number of allylic oxidation sites excluding steroid dienone is 4. The molecule has 0 spiro atoms. The molecule has 6 rings (SSSR count). The summed E-state index contributed by atoms with van der Waals surface area (Å²) >= 11 is 0. The summed E-state index contributed by atoms with van der Waals surface area (Å²) in [7, 11) is 0. The van der Waals surface area contributed by atoms with Crippen LogP contribution >= 0.6 is 0 Å². The van der Waals surface area contributed by atoms with Gasteiger partial charge in [0.05, 0.1) is 5.41 Å². The average molecular weight is 425 g/mol. The molecule has 0 saturated heterocycles. The zero-order valence-corrected chi connectivity index (χ0v) is 19.5. The number of rotatable bonds is 3. The minimum Gasteiger partial charge on any atom is -0.0622 e. The van der Waals surface area contributed by atoms with Crippen molar-refractivity contribution in [1.82, 2.24) is 0 Å². The monoisotopic (exact) mass is 424 g/mol. The van der Waals surface area contributed by atoms with Gasteiger partial charge in [0.2, 0.25) is 0 Å². The highest BCUT2D eigenvalue weighted by Gasteiger charge is 2.51. The van der Waals surface area contributed by atoms with E-state index in [1.807, 2.05) is 0 Å². The lowest BCUT2D eigenvalue weighted by molar-refractivity contribution is 0.654. The van der Waals surface area contributed by atoms with Gasteiger partial charge < -0.3 is 0 Å². The van der Waals surface area contributed by atoms with Crippen molar-refractivity contribution in [2.45, 2.75) is 31.6 Å². The van der Waals surface area contributed by atoms with Gasteiger partial charge in [-0.05, 0) is 51.5 Å². The minimum absolute atomic E-state index is 0.0484. The Hall–Kier alpha value is -3.64. The summed E-state index contributed by atoms with van der Waals surface area (Å²) in [6, 6.07) is 40.2. The highest BCUT2D eigenvalue weighted by Crippen LogP contribution is 2.63. The fourth-order valence-electron chi connectivity index (χ4n) is 5.97. The highest BCUT2D eigenvalue weighted by atomic mass is 14.5. The fourth-order valence-corrected chi connectivity index (χ4v) is 5.97. The van der Waals surface area contributed by atoms with Crippen molar-refractivity contribution >= 4 is 11.1 Å². The number of hydrogen-bond donors (Lipinski definition) is 0. The topological polar surface area (TPSA) is 0 Å². The molecule has 0 bridgehead atoms. The maximum Gasteiger partial charge on any atom is 0.0650 e. The standard InChI is InChI=1S/C33H28/c1-23-18-20-24(21-19-23)31-30-27-16-10-11-17-28(27)32(2,3)29(30)22-33(31,25-12-6-4-7-13-25)26-14-8-5-9-15-26/h4-22H,1-3H3. The SMILES string of the molecule is Cc1ccc(C2=C3C(=CC2(c2ccccc2)c2ccccc2)C(C)(C)c2ccccc23)cc1. The van der Waals surface area contributed by atoms with Crippen LogP contribution < -0.4 is 0 Å². The van der Waals surface area contributed by atoms with Crippen LogP contribution in [0.2, 0.25) is 0 Å². The first-order chi connectivity index (χ1) is 16.0. The molecule has 0 nitrogen and oxygen atoms in total. The van der Waals surface area contributed by atoms with Crippen LogP contribution in [0.3, 0.4) is 0 Å². The van der Waals surface area contributed by atoms with Crippen molar-refractivity contribution in [3.63, 3.8) is 0 Å². The van der Waals surface area contributed by atoms with Crippen molar-refractivity contribution in [3.8, 4) is 0 Å². The lowest BCUT2D eigenvalue weighted by Gasteiger charge is -2.34. The number of aryl methyl sites for hydroxylation is 1. The van der Waals surface area contributed by atoms with Crippen LogP contribution in [0.15, 0.2) is 121 Å². The van der Waals surface area contributed by atoms with Gasteiger partial charge in [-0.2, -0.15) is 0 Å². The smallest absolute Gasteiger partial charge is 0.0622 e. The van der Waals surface area contributed by atoms with E-state index in [2.05, 4.69) is 136 Å². The van der Waals surface area contributed by atoms with Crippen LogP contribution in [0, 0.1) is 6.92 Å². The Kier molecular flexibility index (Phi) is 4.35. The molecule has 0 heteroatoms. The lowest BCUT2D eigenvalue weighted by atomic mass is 9.67. The molecule has 0 saturated carbocycles. The molecule has 0 aliphatic heterocycles. The van der Waals surface area contributed by atoms with E-state index in [0.29, 0.717) is 0 Å². The van der Waals surface area contributed by atoms with Crippen molar-refractivity contribution < 1.29 is 0 Å². The molecule has 0 N–H and O–H groups in total. The summed E-state index contributed by atoms with van der Waals surface area (Å²) in [6.07, 6.45) is 2.57. The van der Waals surface area contributed by atoms with Gasteiger partial charge in [0.25, 0.3) is 0 Å². The summed E-state index contributed by atoms with van der Waals surface area (Å²) < 4.78 is 0. The Morgan fingerprint density at radius 3 is 1.73 bits per heavy atom. The summed E-state index contributed by atoms with van der Waals surface area (Å²) in [6.45, 7) is 6.92. The molecule has 0 aromatic heterocycles. The predicted octanol–water partition coefficient (Wildman–Crippen LogP) is 8.12. The Bertz CT molecular complexity index is 1360. The highest BCUT2D eigenvalue weighted by molar-refractivity contribution is 6.12. The van der Waals surface area contributed by atoms with Gasteiger partial charge in [-0.3, -0.25) is 0 Å². The van der Waals surface area contributed by atoms with Crippen LogP contribution in [0.5, 0.6) is 0 Å². The quantitative estimate of drug-likeness (QED) is 0.311. The molecule has 0 heterocycles. The molecule has 0 fully saturated rings. The summed E-state index contributed by atoms with van der Waals surface area (Å²) in [5.74, 6) is 0. The third-order valence-electron chi connectivity index (χ3n) is 7.62. The van der Waals surface area contributed by atoms with Crippen LogP contribution in [0.1, 0.15) is 47.2 Å². The second kappa shape index (κ2) is 7.18. The van der Waals surface area contributed by atoms with E-state index < -0.39 is 0 Å². The molecular formula is C33H28. The first-order valence-corrected chi connectivity index (χ1v) is 11.8. The summed E-state index contributed by atoms with van der Waals surface area (Å²) in [5, 5.41) is 0. The molecule has 33 heavy (non-hydrogen) atoms. The number of benzene rings is 4. The van der Waals surface area contributed by atoms with Gasteiger partial charge in [0.1, 0.15) is 0 Å². The molecule has 0 radical (unpaired) electrons. The first kappa shape index (κ1) is 20.0. The Labute approximate surface area is 196 Å². The zero-order chi connectivity index (χ0) is 22.6. The third-order valence-corrected chi connectivity index (χ3v) is 7.62. The molecule has 4 aromatic carbocycles. The average Bonchev–Trinajstić information content (AvgIpc) is 3.33. The molecule has 2 aliphatic carbocycles. The fraction of sp³-hybridized carbons (Fsp3) is 0.152. The normalized spacial score (nSPS) is 17.5. The van der Waals surface area contributed by atoms with E-state index in [9.17, 15) is 0 Å². The summed E-state index contributed by atoms with van der Waals surface area (Å²) in [5.41, 5.74) is 11.9. The molecule has 2 aliphatic rings. The number of fused-ring (bicyclic) bond motifs is 3. The second-order valence-corrected chi connectivity index (χ2v) is 9.88. The van der Waals surface area contributed by atoms with Crippen molar-refractivity contribution in [2.24, 2.45) is 0 Å². The second-order valence-electron chi connectivity index (χ2n) is 9.88. The molecule has 0 unspecified atom stereocenters. The van der Waals surface area contributed by atoms with E-state index in [4.69, 9.17) is 0 Å². The van der Waals surface area contributed by atoms with E-state index in [0.717, 1.165) is 0 Å². The maximum atomic E-state index is 2.57. The van der Waals surface area contributed by atoms with Gasteiger partial charge >= 0.3 is 0 Å². The van der Waals surface area contributed by atoms with Gasteiger partial charge in [-0.1, -0.05) is 135 Å². The van der Waals surface area contributed by atoms with Crippen molar-refractivity contribution in [2.75, 3.05) is 0 Å². The van der Waals surface area contributed by atoms with Crippen LogP contribution in [-0.2, 0) is 10.8 Å². The van der Waals surface area contributed by atoms with Crippen molar-refractivity contribution in [3.05, 3.63) is 154 Å². The van der Waals surface area contributed by atoms with E-state index in [1.54, 1.807) is 0 Å². The maximum absolute atomic E-state index is 2.57. The summed E-state index contributed by atoms with van der Waals surface area (Å²) in [4.78, 5) is 0. The van der Waals surface area contributed by atoms with Crippen molar-refractivity contribution in [1.29, 1.82) is 0 Å². The minimum atomic E-state index is -0.340. The Balaban J connectivity index is 1.79. The Morgan fingerprint density at radius 1 is 0.576 bits per heavy atom. The number of hydrogen-bond acceptors (Lipinski definition) is 0. The molecule has 0 atom stereocenters. The molecule has 4 aromatic rings. The van der Waals surface area contributed by atoms with Gasteiger partial charge in [0.15, 0.2) is 0 Å². The van der Waals surface area contributed by atoms with Crippen LogP contribution in [0.25, 0.3) is 11.1 Å². The molecule has 160 valence electrons. The van der Waals surface area contributed by atoms with E-state index in [-0.39, 0.29) is 10.8 Å². The zero-order valence-electron chi connectivity index (χ0n) is 19.5. The largest absolute Gasteiger partial charge is 0.0650 e. The third kappa shape index (κ3) is 2.77. The van der Waals surface area contributed by atoms with E-state index in [1.165, 1.54) is 50.1 Å². The van der Waals surface area contributed by atoms with Crippen LogP contribution in [0.4, 0.5) is 0 Å². The predicted molar refractivity (Wildman–Crippen MR) is 139 cm³/mol. The van der Waals surface area contributed by atoms with Gasteiger partial charge in [-0.25, -0.2) is 0 Å². The molecular weight excluding hydrogens is 396 g/mol. The Morgan fingerprint density at radius 2 is 1.12 bits per heavy atom. The lowest BCUT2D eigenvalue weighted by Crippen LogP contribution is -2.27. The van der Waals surface area contributed by atoms with E-state index >= 15 is 0 Å². The molecule has 0 amide bonds. The first-order valence-electron chi connectivity index (χ1n) is 11.8. The van der Waals surface area contributed by atoms with Crippen LogP contribution in [-0.4, -0.2) is 0 Å².